The quantitative estimate of drug-likeness (QED) is 0.830. The molecule has 0 aliphatic carbocycles. The van der Waals surface area contributed by atoms with Crippen LogP contribution in [-0.2, 0) is 10.0 Å². The second-order valence-electron chi connectivity index (χ2n) is 6.86. The maximum absolute atomic E-state index is 12.4. The first-order valence-corrected chi connectivity index (χ1v) is 10.2. The van der Waals surface area contributed by atoms with Gasteiger partial charge in [-0.05, 0) is 68.4 Å². The van der Waals surface area contributed by atoms with E-state index in [-0.39, 0.29) is 0 Å². The number of nitrogens with one attached hydrogen (secondary N) is 1. The molecule has 0 atom stereocenters. The van der Waals surface area contributed by atoms with Crippen LogP contribution in [0, 0.1) is 5.92 Å². The predicted octanol–water partition coefficient (Wildman–Crippen LogP) is 3.21. The lowest BCUT2D eigenvalue weighted by atomic mass is 9.97. The van der Waals surface area contributed by atoms with Crippen LogP contribution >= 0.6 is 0 Å². The Labute approximate surface area is 141 Å². The maximum Gasteiger partial charge on any atom is 0.240 e. The standard InChI is InChI=1S/C18H30N2O2S/c1-4-11-20-12-9-16(10-13-20)14-19-23(21,22)18-7-5-17(6-8-18)15(2)3/h5-8,15-16,19H,4,9-14H2,1-3H3. The Morgan fingerprint density at radius 1 is 1.17 bits per heavy atom. The summed E-state index contributed by atoms with van der Waals surface area (Å²) in [5, 5.41) is 0. The first kappa shape index (κ1) is 18.4. The SMILES string of the molecule is CCCN1CCC(CNS(=O)(=O)c2ccc(C(C)C)cc2)CC1. The van der Waals surface area contributed by atoms with Crippen LogP contribution in [0.25, 0.3) is 0 Å². The highest BCUT2D eigenvalue weighted by molar-refractivity contribution is 7.89. The van der Waals surface area contributed by atoms with Crippen LogP contribution < -0.4 is 4.72 Å². The molecule has 1 heterocycles. The summed E-state index contributed by atoms with van der Waals surface area (Å²) in [5.41, 5.74) is 1.16. The molecule has 5 heteroatoms. The third-order valence-corrected chi connectivity index (χ3v) is 6.11. The fraction of sp³-hybridized carbons (Fsp3) is 0.667. The number of rotatable bonds is 7. The van der Waals surface area contributed by atoms with Crippen molar-refractivity contribution in [3.63, 3.8) is 0 Å². The number of benzene rings is 1. The van der Waals surface area contributed by atoms with Gasteiger partial charge in [-0.2, -0.15) is 0 Å². The van der Waals surface area contributed by atoms with E-state index in [4.69, 9.17) is 0 Å². The number of sulfonamides is 1. The maximum atomic E-state index is 12.4. The molecule has 0 unspecified atom stereocenters. The van der Waals surface area contributed by atoms with Crippen LogP contribution in [0.2, 0.25) is 0 Å². The molecule has 1 aromatic rings. The van der Waals surface area contributed by atoms with E-state index < -0.39 is 10.0 Å². The molecule has 1 N–H and O–H groups in total. The lowest BCUT2D eigenvalue weighted by Gasteiger charge is -2.31. The Balaban J connectivity index is 1.87. The van der Waals surface area contributed by atoms with Crippen LogP contribution in [0.5, 0.6) is 0 Å². The van der Waals surface area contributed by atoms with Crippen molar-refractivity contribution in [1.82, 2.24) is 9.62 Å². The van der Waals surface area contributed by atoms with E-state index in [0.29, 0.717) is 23.3 Å². The predicted molar refractivity (Wildman–Crippen MR) is 95.2 cm³/mol. The highest BCUT2D eigenvalue weighted by Gasteiger charge is 2.21. The second kappa shape index (κ2) is 8.27. The molecule has 0 spiro atoms. The minimum atomic E-state index is -3.39. The smallest absolute Gasteiger partial charge is 0.240 e. The normalized spacial score (nSPS) is 17.7. The fourth-order valence-corrected chi connectivity index (χ4v) is 4.19. The van der Waals surface area contributed by atoms with Gasteiger partial charge in [-0.15, -0.1) is 0 Å². The summed E-state index contributed by atoms with van der Waals surface area (Å²) in [5.74, 6) is 0.862. The first-order valence-electron chi connectivity index (χ1n) is 8.74. The summed E-state index contributed by atoms with van der Waals surface area (Å²) in [4.78, 5) is 2.83. The van der Waals surface area contributed by atoms with Crippen LogP contribution in [0.15, 0.2) is 29.2 Å². The highest BCUT2D eigenvalue weighted by Crippen LogP contribution is 2.19. The van der Waals surface area contributed by atoms with Crippen molar-refractivity contribution < 1.29 is 8.42 Å². The molecule has 0 aromatic heterocycles. The summed E-state index contributed by atoms with van der Waals surface area (Å²) in [6, 6.07) is 7.23. The van der Waals surface area contributed by atoms with Crippen LogP contribution in [0.4, 0.5) is 0 Å². The summed E-state index contributed by atoms with van der Waals surface area (Å²) >= 11 is 0. The number of likely N-dealkylation sites (tertiary alicyclic amines) is 1. The van der Waals surface area contributed by atoms with Gasteiger partial charge in [-0.3, -0.25) is 0 Å². The molecule has 1 fully saturated rings. The molecule has 130 valence electrons. The Bertz CT molecular complexity index is 574. The molecule has 23 heavy (non-hydrogen) atoms. The molecular formula is C18H30N2O2S. The van der Waals surface area contributed by atoms with Crippen molar-refractivity contribution in [3.05, 3.63) is 29.8 Å². The van der Waals surface area contributed by atoms with E-state index in [1.807, 2.05) is 12.1 Å². The Hall–Kier alpha value is -0.910. The van der Waals surface area contributed by atoms with E-state index in [2.05, 4.69) is 30.4 Å². The Morgan fingerprint density at radius 2 is 1.78 bits per heavy atom. The molecule has 2 rings (SSSR count). The highest BCUT2D eigenvalue weighted by atomic mass is 32.2. The topological polar surface area (TPSA) is 49.4 Å². The minimum Gasteiger partial charge on any atom is -0.303 e. The second-order valence-corrected chi connectivity index (χ2v) is 8.63. The number of hydrogen-bond donors (Lipinski definition) is 1. The average molecular weight is 339 g/mol. The van der Waals surface area contributed by atoms with Gasteiger partial charge in [-0.1, -0.05) is 32.9 Å². The average Bonchev–Trinajstić information content (AvgIpc) is 2.55. The fourth-order valence-electron chi connectivity index (χ4n) is 3.07. The van der Waals surface area contributed by atoms with Crippen molar-refractivity contribution in [1.29, 1.82) is 0 Å². The molecule has 1 aliphatic rings. The largest absolute Gasteiger partial charge is 0.303 e. The monoisotopic (exact) mass is 338 g/mol. The molecular weight excluding hydrogens is 308 g/mol. The van der Waals surface area contributed by atoms with E-state index in [9.17, 15) is 8.42 Å². The number of nitrogens with zero attached hydrogens (tertiary/aromatic N) is 1. The van der Waals surface area contributed by atoms with Gasteiger partial charge in [0.15, 0.2) is 0 Å². The zero-order chi connectivity index (χ0) is 16.9. The van der Waals surface area contributed by atoms with Crippen molar-refractivity contribution in [2.45, 2.75) is 50.8 Å². The van der Waals surface area contributed by atoms with Gasteiger partial charge in [0.1, 0.15) is 0 Å². The summed E-state index contributed by atoms with van der Waals surface area (Å²) in [7, 11) is -3.39. The molecule has 0 amide bonds. The van der Waals surface area contributed by atoms with Crippen LogP contribution in [-0.4, -0.2) is 39.5 Å². The molecule has 1 saturated heterocycles. The van der Waals surface area contributed by atoms with Crippen molar-refractivity contribution in [2.75, 3.05) is 26.2 Å². The van der Waals surface area contributed by atoms with Crippen LogP contribution in [0.1, 0.15) is 51.5 Å². The lowest BCUT2D eigenvalue weighted by molar-refractivity contribution is 0.186. The van der Waals surface area contributed by atoms with Crippen molar-refractivity contribution in [2.24, 2.45) is 5.92 Å². The Kier molecular flexibility index (Phi) is 6.62. The third-order valence-electron chi connectivity index (χ3n) is 4.67. The summed E-state index contributed by atoms with van der Waals surface area (Å²) < 4.78 is 27.6. The molecule has 1 aliphatic heterocycles. The zero-order valence-electron chi connectivity index (χ0n) is 14.6. The zero-order valence-corrected chi connectivity index (χ0v) is 15.4. The van der Waals surface area contributed by atoms with Gasteiger partial charge in [0.05, 0.1) is 4.90 Å². The number of hydrogen-bond acceptors (Lipinski definition) is 3. The van der Waals surface area contributed by atoms with E-state index in [1.54, 1.807) is 12.1 Å². The summed E-state index contributed by atoms with van der Waals surface area (Å²) in [6.45, 7) is 10.3. The summed E-state index contributed by atoms with van der Waals surface area (Å²) in [6.07, 6.45) is 3.34. The third kappa shape index (κ3) is 5.30. The minimum absolute atomic E-state index is 0.366. The van der Waals surface area contributed by atoms with Gasteiger partial charge in [0, 0.05) is 6.54 Å². The van der Waals surface area contributed by atoms with Crippen LogP contribution in [0.3, 0.4) is 0 Å². The van der Waals surface area contributed by atoms with E-state index in [0.717, 1.165) is 38.0 Å². The van der Waals surface area contributed by atoms with Gasteiger partial charge in [0.2, 0.25) is 10.0 Å². The Morgan fingerprint density at radius 3 is 2.30 bits per heavy atom. The lowest BCUT2D eigenvalue weighted by Crippen LogP contribution is -2.38. The van der Waals surface area contributed by atoms with Crippen molar-refractivity contribution in [3.8, 4) is 0 Å². The van der Waals surface area contributed by atoms with Crippen molar-refractivity contribution >= 4 is 10.0 Å². The van der Waals surface area contributed by atoms with Gasteiger partial charge in [-0.25, -0.2) is 13.1 Å². The number of piperidine rings is 1. The van der Waals surface area contributed by atoms with Gasteiger partial charge in [0.25, 0.3) is 0 Å². The van der Waals surface area contributed by atoms with Gasteiger partial charge < -0.3 is 4.90 Å². The first-order chi connectivity index (χ1) is 10.9. The molecule has 0 saturated carbocycles. The van der Waals surface area contributed by atoms with E-state index in [1.165, 1.54) is 6.42 Å². The van der Waals surface area contributed by atoms with E-state index >= 15 is 0 Å². The molecule has 0 bridgehead atoms. The molecule has 1 aromatic carbocycles. The molecule has 4 nitrogen and oxygen atoms in total. The molecule has 0 radical (unpaired) electrons. The van der Waals surface area contributed by atoms with Gasteiger partial charge >= 0.3 is 0 Å².